The van der Waals surface area contributed by atoms with Crippen molar-refractivity contribution in [3.05, 3.63) is 132 Å². The Labute approximate surface area is 273 Å². The molecule has 0 radical (unpaired) electrons. The van der Waals surface area contributed by atoms with Gasteiger partial charge in [-0.25, -0.2) is 4.98 Å². The van der Waals surface area contributed by atoms with Gasteiger partial charge < -0.3 is 31.2 Å². The van der Waals surface area contributed by atoms with Gasteiger partial charge in [-0.1, -0.05) is 54.6 Å². The molecule has 6 rings (SSSR count). The average molecular weight is 629 g/mol. The van der Waals surface area contributed by atoms with Crippen LogP contribution in [-0.4, -0.2) is 50.9 Å². The van der Waals surface area contributed by atoms with Crippen LogP contribution in [0.2, 0.25) is 0 Å². The second kappa shape index (κ2) is 15.8. The van der Waals surface area contributed by atoms with Crippen molar-refractivity contribution in [3.63, 3.8) is 0 Å². The molecule has 3 aromatic heterocycles. The van der Waals surface area contributed by atoms with Crippen LogP contribution >= 0.6 is 0 Å². The predicted molar refractivity (Wildman–Crippen MR) is 185 cm³/mol. The quantitative estimate of drug-likeness (QED) is 0.0855. The first-order valence-corrected chi connectivity index (χ1v) is 16.1. The molecule has 6 aromatic rings. The number of imidazole rings is 1. The third kappa shape index (κ3) is 8.29. The number of carbonyl (C=O) groups is 2. The summed E-state index contributed by atoms with van der Waals surface area (Å²) in [5.41, 5.74) is 4.79. The van der Waals surface area contributed by atoms with Crippen LogP contribution in [0.15, 0.2) is 104 Å². The summed E-state index contributed by atoms with van der Waals surface area (Å²) in [6.07, 6.45) is 9.18. The van der Waals surface area contributed by atoms with Crippen LogP contribution in [0.1, 0.15) is 45.8 Å². The summed E-state index contributed by atoms with van der Waals surface area (Å²) in [4.78, 5) is 42.3. The normalized spacial score (nSPS) is 11.9. The van der Waals surface area contributed by atoms with Gasteiger partial charge in [0.05, 0.1) is 12.2 Å². The Bertz CT molecular complexity index is 1900. The van der Waals surface area contributed by atoms with Crippen LogP contribution in [0, 0.1) is 0 Å². The van der Waals surface area contributed by atoms with E-state index in [4.69, 9.17) is 0 Å². The summed E-state index contributed by atoms with van der Waals surface area (Å²) in [6, 6.07) is 25.0. The Morgan fingerprint density at radius 1 is 0.723 bits per heavy atom. The van der Waals surface area contributed by atoms with E-state index in [2.05, 4.69) is 47.3 Å². The van der Waals surface area contributed by atoms with Crippen LogP contribution < -0.4 is 21.3 Å². The molecule has 0 aliphatic carbocycles. The minimum Gasteiger partial charge on any atom is -0.361 e. The van der Waals surface area contributed by atoms with Crippen molar-refractivity contribution >= 4 is 33.5 Å². The van der Waals surface area contributed by atoms with E-state index in [1.54, 1.807) is 18.6 Å². The van der Waals surface area contributed by atoms with E-state index in [0.29, 0.717) is 57.5 Å². The second-order valence-corrected chi connectivity index (χ2v) is 11.5. The largest absolute Gasteiger partial charge is 0.361 e. The van der Waals surface area contributed by atoms with Crippen molar-refractivity contribution in [1.29, 1.82) is 0 Å². The topological polar surface area (TPSA) is 140 Å². The molecule has 0 bridgehead atoms. The SMILES string of the molecule is O=C(N[C@@H](CCCNCc1ccccn1)C(=O)NCCc1c[nH]c2ccccc12)c1ccc(CNCc2ncc[nH]2)c2ccccc12. The number of hydrogen-bond donors (Lipinski definition) is 6. The molecule has 10 nitrogen and oxygen atoms in total. The van der Waals surface area contributed by atoms with Crippen LogP contribution in [-0.2, 0) is 30.8 Å². The summed E-state index contributed by atoms with van der Waals surface area (Å²) < 4.78 is 0. The van der Waals surface area contributed by atoms with Crippen LogP contribution in [0.3, 0.4) is 0 Å². The van der Waals surface area contributed by atoms with Crippen molar-refractivity contribution in [2.75, 3.05) is 13.1 Å². The van der Waals surface area contributed by atoms with Gasteiger partial charge in [-0.15, -0.1) is 0 Å². The number of benzene rings is 3. The Morgan fingerprint density at radius 3 is 2.38 bits per heavy atom. The van der Waals surface area contributed by atoms with E-state index < -0.39 is 6.04 Å². The Balaban J connectivity index is 1.11. The number of para-hydroxylation sites is 1. The highest BCUT2D eigenvalue weighted by Crippen LogP contribution is 2.24. The molecule has 0 unspecified atom stereocenters. The number of nitrogens with zero attached hydrogens (tertiary/aromatic N) is 2. The summed E-state index contributed by atoms with van der Waals surface area (Å²) in [5.74, 6) is 0.406. The number of nitrogens with one attached hydrogen (secondary N) is 6. The number of H-pyrrole nitrogens is 2. The van der Waals surface area contributed by atoms with E-state index in [0.717, 1.165) is 44.3 Å². The highest BCUT2D eigenvalue weighted by atomic mass is 16.2. The van der Waals surface area contributed by atoms with E-state index in [1.165, 1.54) is 0 Å². The number of carbonyl (C=O) groups excluding carboxylic acids is 2. The zero-order valence-electron chi connectivity index (χ0n) is 26.3. The van der Waals surface area contributed by atoms with Gasteiger partial charge in [0.2, 0.25) is 5.91 Å². The van der Waals surface area contributed by atoms with E-state index >= 15 is 0 Å². The van der Waals surface area contributed by atoms with Gasteiger partial charge in [0.25, 0.3) is 5.91 Å². The van der Waals surface area contributed by atoms with E-state index in [-0.39, 0.29) is 11.8 Å². The van der Waals surface area contributed by atoms with E-state index in [1.807, 2.05) is 79.0 Å². The summed E-state index contributed by atoms with van der Waals surface area (Å²) >= 11 is 0. The number of aromatic amines is 2. The molecule has 2 amide bonds. The van der Waals surface area contributed by atoms with Gasteiger partial charge in [-0.3, -0.25) is 14.6 Å². The van der Waals surface area contributed by atoms with Gasteiger partial charge in [0.15, 0.2) is 0 Å². The van der Waals surface area contributed by atoms with Crippen molar-refractivity contribution in [2.45, 2.75) is 44.9 Å². The molecule has 0 aliphatic heterocycles. The minimum atomic E-state index is -0.685. The van der Waals surface area contributed by atoms with Crippen molar-refractivity contribution < 1.29 is 9.59 Å². The van der Waals surface area contributed by atoms with Crippen molar-refractivity contribution in [2.24, 2.45) is 0 Å². The van der Waals surface area contributed by atoms with E-state index in [9.17, 15) is 9.59 Å². The highest BCUT2D eigenvalue weighted by molar-refractivity contribution is 6.09. The Kier molecular flexibility index (Phi) is 10.6. The van der Waals surface area contributed by atoms with Gasteiger partial charge in [-0.2, -0.15) is 0 Å². The van der Waals surface area contributed by atoms with Crippen molar-refractivity contribution in [1.82, 2.24) is 41.2 Å². The number of pyridine rings is 1. The lowest BCUT2D eigenvalue weighted by Crippen LogP contribution is -2.47. The molecule has 47 heavy (non-hydrogen) atoms. The second-order valence-electron chi connectivity index (χ2n) is 11.5. The van der Waals surface area contributed by atoms with Crippen LogP contribution in [0.5, 0.6) is 0 Å². The molecule has 0 saturated carbocycles. The molecule has 10 heteroatoms. The number of amides is 2. The smallest absolute Gasteiger partial charge is 0.252 e. The van der Waals surface area contributed by atoms with Gasteiger partial charge >= 0.3 is 0 Å². The number of fused-ring (bicyclic) bond motifs is 2. The lowest BCUT2D eigenvalue weighted by molar-refractivity contribution is -0.123. The number of aromatic nitrogens is 4. The number of rotatable bonds is 16. The molecular formula is C37H40N8O2. The maximum absolute atomic E-state index is 13.8. The molecule has 3 heterocycles. The molecule has 240 valence electrons. The maximum Gasteiger partial charge on any atom is 0.252 e. The Hall–Kier alpha value is -5.32. The van der Waals surface area contributed by atoms with Gasteiger partial charge in [0.1, 0.15) is 11.9 Å². The van der Waals surface area contributed by atoms with Gasteiger partial charge in [0, 0.05) is 60.9 Å². The average Bonchev–Trinajstić information content (AvgIpc) is 3.78. The molecular weight excluding hydrogens is 588 g/mol. The monoisotopic (exact) mass is 628 g/mol. The first kappa shape index (κ1) is 31.7. The Morgan fingerprint density at radius 2 is 1.55 bits per heavy atom. The van der Waals surface area contributed by atoms with Crippen LogP contribution in [0.4, 0.5) is 0 Å². The third-order valence-electron chi connectivity index (χ3n) is 8.29. The predicted octanol–water partition coefficient (Wildman–Crippen LogP) is 4.76. The highest BCUT2D eigenvalue weighted by Gasteiger charge is 2.22. The molecule has 3 aromatic carbocycles. The third-order valence-corrected chi connectivity index (χ3v) is 8.29. The maximum atomic E-state index is 13.8. The first-order valence-electron chi connectivity index (χ1n) is 16.1. The minimum absolute atomic E-state index is 0.189. The molecule has 0 fully saturated rings. The summed E-state index contributed by atoms with van der Waals surface area (Å²) in [7, 11) is 0. The van der Waals surface area contributed by atoms with Gasteiger partial charge in [-0.05, 0) is 72.0 Å². The fourth-order valence-electron chi connectivity index (χ4n) is 5.86. The summed E-state index contributed by atoms with van der Waals surface area (Å²) in [5, 5.41) is 15.9. The standard InChI is InChI=1S/C37H40N8O2/c46-36(32-15-14-26(29-9-1-2-11-31(29)32)22-39-25-35-41-20-21-42-35)45-34(13-7-17-38-24-28-8-5-6-18-40-28)37(47)43-19-16-27-23-44-33-12-4-3-10-30(27)33/h1-6,8-12,14-15,18,20-21,23,34,38-39,44H,7,13,16-17,19,22,24-25H2,(H,41,42)(H,43,47)(H,45,46)/t34-/m0/s1. The molecule has 6 N–H and O–H groups in total. The lowest BCUT2D eigenvalue weighted by Gasteiger charge is -2.20. The van der Waals surface area contributed by atoms with Crippen molar-refractivity contribution in [3.8, 4) is 0 Å². The molecule has 0 saturated heterocycles. The molecule has 1 atom stereocenters. The zero-order valence-corrected chi connectivity index (χ0v) is 26.3. The van der Waals surface area contributed by atoms with Crippen LogP contribution in [0.25, 0.3) is 21.7 Å². The molecule has 0 aliphatic rings. The first-order chi connectivity index (χ1) is 23.2. The lowest BCUT2D eigenvalue weighted by atomic mass is 9.98. The summed E-state index contributed by atoms with van der Waals surface area (Å²) in [6.45, 7) is 3.03. The molecule has 0 spiro atoms. The number of hydrogen-bond acceptors (Lipinski definition) is 6. The fraction of sp³-hybridized carbons (Fsp3) is 0.243. The zero-order chi connectivity index (χ0) is 32.3. The fourth-order valence-corrected chi connectivity index (χ4v) is 5.86.